The van der Waals surface area contributed by atoms with E-state index in [1.807, 2.05) is 18.7 Å². The molecule has 0 aromatic heterocycles. The summed E-state index contributed by atoms with van der Waals surface area (Å²) in [6.07, 6.45) is 10.9. The molecule has 4 fully saturated rings. The minimum Gasteiger partial charge on any atom is -0.356 e. The van der Waals surface area contributed by atoms with E-state index < -0.39 is 15.3 Å². The van der Waals surface area contributed by atoms with Crippen molar-refractivity contribution in [2.24, 2.45) is 5.92 Å². The number of amides is 1. The molecular formula is C23H42N4O3S2. The standard InChI is InChI=1S/C23H42N4O3S2/c1-17-22(18(2)27(25-17)20-7-4-3-5-8-20)32(29,30)26-14-11-19(12-15-26)23(28)24-13-10-21-9-6-16-31-21/h17-22,25H,3-16H2,1-2H3,(H,24,28). The van der Waals surface area contributed by atoms with Crippen LogP contribution in [-0.4, -0.2) is 77.7 Å². The van der Waals surface area contributed by atoms with Crippen LogP contribution in [0.25, 0.3) is 0 Å². The molecule has 4 atom stereocenters. The van der Waals surface area contributed by atoms with Crippen LogP contribution in [0.1, 0.15) is 78.1 Å². The smallest absolute Gasteiger partial charge is 0.223 e. The number of hydrogen-bond acceptors (Lipinski definition) is 6. The highest BCUT2D eigenvalue weighted by atomic mass is 32.2. The molecule has 0 aromatic rings. The SMILES string of the molecule is CC1NN(C2CCCCC2)C(C)C1S(=O)(=O)N1CCC(C(=O)NCCC2CCCS2)CC1. The Morgan fingerprint density at radius 3 is 2.41 bits per heavy atom. The highest BCUT2D eigenvalue weighted by Gasteiger charge is 2.49. The van der Waals surface area contributed by atoms with Gasteiger partial charge in [0.25, 0.3) is 0 Å². The lowest BCUT2D eigenvalue weighted by molar-refractivity contribution is -0.126. The zero-order valence-corrected chi connectivity index (χ0v) is 21.4. The Hall–Kier alpha value is -0.350. The molecule has 4 aliphatic rings. The zero-order valence-electron chi connectivity index (χ0n) is 19.8. The maximum Gasteiger partial charge on any atom is 0.223 e. The second kappa shape index (κ2) is 10.9. The van der Waals surface area contributed by atoms with Crippen molar-refractivity contribution in [3.63, 3.8) is 0 Å². The maximum absolute atomic E-state index is 13.6. The van der Waals surface area contributed by atoms with Crippen molar-refractivity contribution >= 4 is 27.7 Å². The van der Waals surface area contributed by atoms with Crippen molar-refractivity contribution in [1.29, 1.82) is 0 Å². The molecule has 9 heteroatoms. The zero-order chi connectivity index (χ0) is 22.7. The Morgan fingerprint density at radius 1 is 1.03 bits per heavy atom. The highest BCUT2D eigenvalue weighted by Crippen LogP contribution is 2.33. The van der Waals surface area contributed by atoms with Gasteiger partial charge in [-0.05, 0) is 64.5 Å². The normalized spacial score (nSPS) is 34.2. The van der Waals surface area contributed by atoms with Crippen LogP contribution in [0.4, 0.5) is 0 Å². The van der Waals surface area contributed by atoms with Gasteiger partial charge in [0, 0.05) is 48.9 Å². The van der Waals surface area contributed by atoms with E-state index in [0.29, 0.717) is 37.2 Å². The summed E-state index contributed by atoms with van der Waals surface area (Å²) in [6.45, 7) is 5.73. The second-order valence-electron chi connectivity index (χ2n) is 10.3. The largest absolute Gasteiger partial charge is 0.356 e. The summed E-state index contributed by atoms with van der Waals surface area (Å²) in [6, 6.07) is 0.317. The molecule has 2 N–H and O–H groups in total. The molecule has 1 saturated carbocycles. The highest BCUT2D eigenvalue weighted by molar-refractivity contribution is 8.00. The number of nitrogens with zero attached hydrogens (tertiary/aromatic N) is 2. The molecular weight excluding hydrogens is 444 g/mol. The number of hydrazine groups is 1. The summed E-state index contributed by atoms with van der Waals surface area (Å²) in [5, 5.41) is 5.61. The third-order valence-corrected chi connectivity index (χ3v) is 12.1. The van der Waals surface area contributed by atoms with E-state index in [4.69, 9.17) is 0 Å². The van der Waals surface area contributed by atoms with Crippen LogP contribution in [-0.2, 0) is 14.8 Å². The average molecular weight is 487 g/mol. The van der Waals surface area contributed by atoms with E-state index in [-0.39, 0.29) is 23.9 Å². The van der Waals surface area contributed by atoms with Gasteiger partial charge in [0.15, 0.2) is 0 Å². The van der Waals surface area contributed by atoms with Gasteiger partial charge < -0.3 is 5.32 Å². The second-order valence-corrected chi connectivity index (χ2v) is 13.8. The van der Waals surface area contributed by atoms with Gasteiger partial charge in [-0.25, -0.2) is 17.7 Å². The van der Waals surface area contributed by atoms with E-state index in [1.54, 1.807) is 4.31 Å². The lowest BCUT2D eigenvalue weighted by Gasteiger charge is -2.36. The Balaban J connectivity index is 1.28. The maximum atomic E-state index is 13.6. The number of sulfonamides is 1. The van der Waals surface area contributed by atoms with Crippen LogP contribution in [0.15, 0.2) is 0 Å². The van der Waals surface area contributed by atoms with E-state index in [2.05, 4.69) is 22.7 Å². The molecule has 7 nitrogen and oxygen atoms in total. The number of carbonyl (C=O) groups is 1. The summed E-state index contributed by atoms with van der Waals surface area (Å²) >= 11 is 2.02. The number of nitrogens with one attached hydrogen (secondary N) is 2. The number of rotatable bonds is 7. The van der Waals surface area contributed by atoms with Crippen LogP contribution in [0, 0.1) is 5.92 Å². The topological polar surface area (TPSA) is 81.8 Å². The third-order valence-electron chi connectivity index (χ3n) is 8.05. The lowest BCUT2D eigenvalue weighted by atomic mass is 9.94. The fourth-order valence-corrected chi connectivity index (χ4v) is 9.78. The van der Waals surface area contributed by atoms with Gasteiger partial charge in [-0.2, -0.15) is 11.8 Å². The van der Waals surface area contributed by atoms with Gasteiger partial charge in [0.05, 0.1) is 0 Å². The predicted molar refractivity (Wildman–Crippen MR) is 131 cm³/mol. The van der Waals surface area contributed by atoms with E-state index in [1.165, 1.54) is 37.9 Å². The third kappa shape index (κ3) is 5.48. The summed E-state index contributed by atoms with van der Waals surface area (Å²) in [4.78, 5) is 12.6. The monoisotopic (exact) mass is 486 g/mol. The van der Waals surface area contributed by atoms with Crippen LogP contribution in [0.3, 0.4) is 0 Å². The van der Waals surface area contributed by atoms with Gasteiger partial charge in [-0.15, -0.1) is 0 Å². The van der Waals surface area contributed by atoms with Crippen molar-refractivity contribution in [3.8, 4) is 0 Å². The van der Waals surface area contributed by atoms with E-state index >= 15 is 0 Å². The quantitative estimate of drug-likeness (QED) is 0.576. The molecule has 3 saturated heterocycles. The van der Waals surface area contributed by atoms with Gasteiger partial charge >= 0.3 is 0 Å². The van der Waals surface area contributed by atoms with Crippen molar-refractivity contribution in [2.45, 2.75) is 107 Å². The molecule has 0 bridgehead atoms. The average Bonchev–Trinajstić information content (AvgIpc) is 3.42. The number of carbonyl (C=O) groups excluding carboxylic acids is 1. The molecule has 4 rings (SSSR count). The molecule has 4 unspecified atom stereocenters. The lowest BCUT2D eigenvalue weighted by Crippen LogP contribution is -2.51. The Kier molecular flexibility index (Phi) is 8.46. The minimum atomic E-state index is -3.41. The van der Waals surface area contributed by atoms with E-state index in [0.717, 1.165) is 25.8 Å². The molecule has 0 spiro atoms. The number of hydrogen-bond donors (Lipinski definition) is 2. The van der Waals surface area contributed by atoms with Crippen molar-refractivity contribution in [2.75, 3.05) is 25.4 Å². The fraction of sp³-hybridized carbons (Fsp3) is 0.957. The van der Waals surface area contributed by atoms with Crippen LogP contribution in [0.2, 0.25) is 0 Å². The molecule has 3 aliphatic heterocycles. The first-order valence-corrected chi connectivity index (χ1v) is 15.4. The van der Waals surface area contributed by atoms with Crippen molar-refractivity contribution in [1.82, 2.24) is 20.1 Å². The molecule has 32 heavy (non-hydrogen) atoms. The van der Waals surface area contributed by atoms with E-state index in [9.17, 15) is 13.2 Å². The predicted octanol–water partition coefficient (Wildman–Crippen LogP) is 2.73. The molecule has 0 aromatic carbocycles. The van der Waals surface area contributed by atoms with Crippen LogP contribution >= 0.6 is 11.8 Å². The molecule has 0 radical (unpaired) electrons. The fourth-order valence-electron chi connectivity index (χ4n) is 6.22. The van der Waals surface area contributed by atoms with Crippen molar-refractivity contribution in [3.05, 3.63) is 0 Å². The summed E-state index contributed by atoms with van der Waals surface area (Å²) in [7, 11) is -3.41. The van der Waals surface area contributed by atoms with Crippen molar-refractivity contribution < 1.29 is 13.2 Å². The van der Waals surface area contributed by atoms with Gasteiger partial charge in [0.2, 0.25) is 15.9 Å². The van der Waals surface area contributed by atoms with Crippen LogP contribution in [0.5, 0.6) is 0 Å². The molecule has 3 heterocycles. The number of thioether (sulfide) groups is 1. The Morgan fingerprint density at radius 2 is 1.75 bits per heavy atom. The summed E-state index contributed by atoms with van der Waals surface area (Å²) in [5.74, 6) is 1.29. The first kappa shape index (κ1) is 24.8. The van der Waals surface area contributed by atoms with Gasteiger partial charge in [-0.3, -0.25) is 10.2 Å². The molecule has 1 aliphatic carbocycles. The minimum absolute atomic E-state index is 0.0346. The summed E-state index contributed by atoms with van der Waals surface area (Å²) in [5.41, 5.74) is 3.50. The Labute approximate surface area is 198 Å². The molecule has 1 amide bonds. The molecule has 184 valence electrons. The summed E-state index contributed by atoms with van der Waals surface area (Å²) < 4.78 is 28.8. The van der Waals surface area contributed by atoms with Gasteiger partial charge in [0.1, 0.15) is 5.25 Å². The first-order chi connectivity index (χ1) is 15.4. The van der Waals surface area contributed by atoms with Crippen LogP contribution < -0.4 is 10.7 Å². The Bertz CT molecular complexity index is 730. The van der Waals surface area contributed by atoms with Gasteiger partial charge in [-0.1, -0.05) is 19.3 Å². The number of piperidine rings is 1. The first-order valence-electron chi connectivity index (χ1n) is 12.8.